The van der Waals surface area contributed by atoms with Gasteiger partial charge in [-0.2, -0.15) is 0 Å². The van der Waals surface area contributed by atoms with Crippen molar-refractivity contribution in [3.8, 4) is 0 Å². The van der Waals surface area contributed by atoms with E-state index >= 15 is 0 Å². The number of benzene rings is 1. The number of nitro benzene ring substituents is 1. The van der Waals surface area contributed by atoms with Gasteiger partial charge in [0.05, 0.1) is 4.92 Å². The zero-order valence-corrected chi connectivity index (χ0v) is 10.4. The number of nitrogens with zero attached hydrogens (tertiary/aromatic N) is 1. The van der Waals surface area contributed by atoms with E-state index in [0.717, 1.165) is 12.0 Å². The van der Waals surface area contributed by atoms with Crippen LogP contribution in [0.15, 0.2) is 18.2 Å². The molecule has 0 bridgehead atoms. The SMILES string of the molecule is CCCOCC(=O)Nc1ccc(C)cc1[N+](=O)[O-]. The monoisotopic (exact) mass is 252 g/mol. The fraction of sp³-hybridized carbons (Fsp3) is 0.417. The first-order chi connectivity index (χ1) is 8.54. The molecular formula is C12H16N2O4. The summed E-state index contributed by atoms with van der Waals surface area (Å²) >= 11 is 0. The van der Waals surface area contributed by atoms with Crippen LogP contribution in [0.5, 0.6) is 0 Å². The minimum absolute atomic E-state index is 0.0983. The third-order valence-corrected chi connectivity index (χ3v) is 2.21. The highest BCUT2D eigenvalue weighted by Gasteiger charge is 2.15. The Bertz CT molecular complexity index is 446. The van der Waals surface area contributed by atoms with Crippen LogP contribution in [-0.4, -0.2) is 24.0 Å². The summed E-state index contributed by atoms with van der Waals surface area (Å²) in [5.74, 6) is -0.393. The summed E-state index contributed by atoms with van der Waals surface area (Å²) in [6, 6.07) is 4.64. The van der Waals surface area contributed by atoms with E-state index in [0.29, 0.717) is 6.61 Å². The predicted octanol–water partition coefficient (Wildman–Crippen LogP) is 2.27. The maximum Gasteiger partial charge on any atom is 0.293 e. The van der Waals surface area contributed by atoms with Crippen molar-refractivity contribution in [2.45, 2.75) is 20.3 Å². The standard InChI is InChI=1S/C12H16N2O4/c1-3-6-18-8-12(15)13-10-5-4-9(2)7-11(10)14(16)17/h4-5,7H,3,6,8H2,1-2H3,(H,13,15). The van der Waals surface area contributed by atoms with Gasteiger partial charge in [-0.25, -0.2) is 0 Å². The molecule has 18 heavy (non-hydrogen) atoms. The van der Waals surface area contributed by atoms with Gasteiger partial charge < -0.3 is 10.1 Å². The molecule has 1 amide bonds. The molecule has 1 rings (SSSR count). The number of anilines is 1. The van der Waals surface area contributed by atoms with Crippen molar-refractivity contribution in [1.29, 1.82) is 0 Å². The molecule has 0 aliphatic carbocycles. The Morgan fingerprint density at radius 2 is 2.22 bits per heavy atom. The smallest absolute Gasteiger partial charge is 0.293 e. The average Bonchev–Trinajstić information content (AvgIpc) is 2.31. The highest BCUT2D eigenvalue weighted by Crippen LogP contribution is 2.25. The molecule has 0 aromatic heterocycles. The number of amides is 1. The summed E-state index contributed by atoms with van der Waals surface area (Å²) in [4.78, 5) is 21.8. The molecule has 0 radical (unpaired) electrons. The number of nitro groups is 1. The second kappa shape index (κ2) is 6.70. The Balaban J connectivity index is 2.72. The lowest BCUT2D eigenvalue weighted by Crippen LogP contribution is -2.19. The van der Waals surface area contributed by atoms with Gasteiger partial charge in [0.2, 0.25) is 0 Å². The Labute approximate surface area is 105 Å². The van der Waals surface area contributed by atoms with Crippen LogP contribution in [-0.2, 0) is 9.53 Å². The molecular weight excluding hydrogens is 236 g/mol. The summed E-state index contributed by atoms with van der Waals surface area (Å²) in [7, 11) is 0. The van der Waals surface area contributed by atoms with Gasteiger partial charge in [-0.1, -0.05) is 13.0 Å². The minimum atomic E-state index is -0.518. The largest absolute Gasteiger partial charge is 0.372 e. The number of aryl methyl sites for hydroxylation is 1. The van der Waals surface area contributed by atoms with Crippen LogP contribution in [0.3, 0.4) is 0 Å². The van der Waals surface area contributed by atoms with Crippen molar-refractivity contribution < 1.29 is 14.5 Å². The summed E-state index contributed by atoms with van der Waals surface area (Å²) in [6.07, 6.45) is 0.817. The fourth-order valence-electron chi connectivity index (χ4n) is 1.39. The second-order valence-corrected chi connectivity index (χ2v) is 3.88. The van der Waals surface area contributed by atoms with Crippen LogP contribution in [0.25, 0.3) is 0 Å². The summed E-state index contributed by atoms with van der Waals surface area (Å²) in [5.41, 5.74) is 0.844. The van der Waals surface area contributed by atoms with Crippen LogP contribution in [0.1, 0.15) is 18.9 Å². The molecule has 0 atom stereocenters. The van der Waals surface area contributed by atoms with Gasteiger partial charge in [-0.15, -0.1) is 0 Å². The first-order valence-corrected chi connectivity index (χ1v) is 5.67. The number of hydrogen-bond donors (Lipinski definition) is 1. The van der Waals surface area contributed by atoms with Gasteiger partial charge in [-0.3, -0.25) is 14.9 Å². The van der Waals surface area contributed by atoms with Gasteiger partial charge in [0.15, 0.2) is 0 Å². The molecule has 0 fully saturated rings. The number of nitrogens with one attached hydrogen (secondary N) is 1. The molecule has 0 heterocycles. The van der Waals surface area contributed by atoms with E-state index in [1.807, 2.05) is 6.92 Å². The molecule has 0 aliphatic heterocycles. The van der Waals surface area contributed by atoms with E-state index in [1.54, 1.807) is 13.0 Å². The number of hydrogen-bond acceptors (Lipinski definition) is 4. The lowest BCUT2D eigenvalue weighted by atomic mass is 10.2. The van der Waals surface area contributed by atoms with Gasteiger partial charge in [0.25, 0.3) is 11.6 Å². The predicted molar refractivity (Wildman–Crippen MR) is 67.6 cm³/mol. The van der Waals surface area contributed by atoms with E-state index in [9.17, 15) is 14.9 Å². The van der Waals surface area contributed by atoms with Crippen LogP contribution < -0.4 is 5.32 Å². The Kier molecular flexibility index (Phi) is 5.26. The Morgan fingerprint density at radius 1 is 1.50 bits per heavy atom. The van der Waals surface area contributed by atoms with Crippen LogP contribution in [0, 0.1) is 17.0 Å². The molecule has 0 saturated carbocycles. The van der Waals surface area contributed by atoms with Crippen molar-refractivity contribution in [1.82, 2.24) is 0 Å². The zero-order valence-electron chi connectivity index (χ0n) is 10.4. The second-order valence-electron chi connectivity index (χ2n) is 3.88. The number of ether oxygens (including phenoxy) is 1. The molecule has 6 heteroatoms. The molecule has 1 N–H and O–H groups in total. The van der Waals surface area contributed by atoms with E-state index in [1.165, 1.54) is 12.1 Å². The highest BCUT2D eigenvalue weighted by atomic mass is 16.6. The molecule has 0 unspecified atom stereocenters. The summed E-state index contributed by atoms with van der Waals surface area (Å²) in [5, 5.41) is 13.3. The normalized spacial score (nSPS) is 10.1. The van der Waals surface area contributed by atoms with E-state index in [2.05, 4.69) is 5.32 Å². The van der Waals surface area contributed by atoms with Gasteiger partial charge in [0, 0.05) is 12.7 Å². The quantitative estimate of drug-likeness (QED) is 0.478. The van der Waals surface area contributed by atoms with Gasteiger partial charge in [-0.05, 0) is 25.0 Å². The van der Waals surface area contributed by atoms with E-state index < -0.39 is 10.8 Å². The zero-order chi connectivity index (χ0) is 13.5. The molecule has 1 aromatic carbocycles. The summed E-state index contributed by atoms with van der Waals surface area (Å²) < 4.78 is 5.06. The first-order valence-electron chi connectivity index (χ1n) is 5.67. The highest BCUT2D eigenvalue weighted by molar-refractivity contribution is 5.94. The van der Waals surface area contributed by atoms with Gasteiger partial charge in [0.1, 0.15) is 12.3 Å². The Morgan fingerprint density at radius 3 is 2.83 bits per heavy atom. The van der Waals surface area contributed by atoms with Crippen molar-refractivity contribution in [3.05, 3.63) is 33.9 Å². The van der Waals surface area contributed by atoms with Crippen LogP contribution >= 0.6 is 0 Å². The number of rotatable bonds is 6. The topological polar surface area (TPSA) is 81.5 Å². The lowest BCUT2D eigenvalue weighted by Gasteiger charge is -2.06. The number of carbonyl (C=O) groups excluding carboxylic acids is 1. The lowest BCUT2D eigenvalue weighted by molar-refractivity contribution is -0.384. The molecule has 0 spiro atoms. The first kappa shape index (κ1) is 14.1. The maximum absolute atomic E-state index is 11.5. The fourth-order valence-corrected chi connectivity index (χ4v) is 1.39. The molecule has 0 saturated heterocycles. The van der Waals surface area contributed by atoms with E-state index in [4.69, 9.17) is 4.74 Å². The van der Waals surface area contributed by atoms with E-state index in [-0.39, 0.29) is 18.0 Å². The Hall–Kier alpha value is -1.95. The molecule has 6 nitrogen and oxygen atoms in total. The van der Waals surface area contributed by atoms with Gasteiger partial charge >= 0.3 is 0 Å². The van der Waals surface area contributed by atoms with Crippen LogP contribution in [0.4, 0.5) is 11.4 Å². The van der Waals surface area contributed by atoms with Crippen molar-refractivity contribution in [2.24, 2.45) is 0 Å². The average molecular weight is 252 g/mol. The maximum atomic E-state index is 11.5. The molecule has 1 aromatic rings. The molecule has 98 valence electrons. The van der Waals surface area contributed by atoms with Crippen molar-refractivity contribution in [3.63, 3.8) is 0 Å². The summed E-state index contributed by atoms with van der Waals surface area (Å²) in [6.45, 7) is 4.08. The number of carbonyl (C=O) groups is 1. The minimum Gasteiger partial charge on any atom is -0.372 e. The van der Waals surface area contributed by atoms with Crippen molar-refractivity contribution in [2.75, 3.05) is 18.5 Å². The third kappa shape index (κ3) is 4.14. The van der Waals surface area contributed by atoms with Crippen molar-refractivity contribution >= 4 is 17.3 Å². The molecule has 0 aliphatic rings. The third-order valence-electron chi connectivity index (χ3n) is 2.21. The van der Waals surface area contributed by atoms with Crippen LogP contribution in [0.2, 0.25) is 0 Å².